The van der Waals surface area contributed by atoms with E-state index in [-0.39, 0.29) is 0 Å². The molecule has 0 amide bonds. The number of hydrogen-bond acceptors (Lipinski definition) is 3. The second-order valence-electron chi connectivity index (χ2n) is 5.75. The molecule has 2 fully saturated rings. The molecule has 3 heteroatoms. The van der Waals surface area contributed by atoms with Crippen LogP contribution in [0.15, 0.2) is 0 Å². The number of hydrogen-bond donors (Lipinski definition) is 1. The minimum atomic E-state index is 0.471. The van der Waals surface area contributed by atoms with Gasteiger partial charge in [0, 0.05) is 32.4 Å². The summed E-state index contributed by atoms with van der Waals surface area (Å²) in [6, 6.07) is 0.576. The van der Waals surface area contributed by atoms with Crippen molar-refractivity contribution < 1.29 is 9.47 Å². The van der Waals surface area contributed by atoms with Gasteiger partial charge in [-0.15, -0.1) is 0 Å². The molecule has 0 spiro atoms. The highest BCUT2D eigenvalue weighted by Crippen LogP contribution is 2.31. The Morgan fingerprint density at radius 3 is 2.59 bits per heavy atom. The van der Waals surface area contributed by atoms with Crippen LogP contribution in [0, 0.1) is 11.8 Å². The lowest BCUT2D eigenvalue weighted by atomic mass is 9.82. The van der Waals surface area contributed by atoms with E-state index in [0.717, 1.165) is 32.3 Å². The van der Waals surface area contributed by atoms with Gasteiger partial charge in [0.15, 0.2) is 0 Å². The zero-order valence-electron chi connectivity index (χ0n) is 11.3. The Morgan fingerprint density at radius 2 is 1.88 bits per heavy atom. The standard InChI is InChI=1S/C14H27NO2/c1-11(2)15-10-13-4-3-7-17-14(13)12-5-8-16-9-6-12/h11-15H,3-10H2,1-2H3. The smallest absolute Gasteiger partial charge is 0.0645 e. The van der Waals surface area contributed by atoms with Crippen molar-refractivity contribution in [3.05, 3.63) is 0 Å². The van der Waals surface area contributed by atoms with Gasteiger partial charge in [0.1, 0.15) is 0 Å². The van der Waals surface area contributed by atoms with Gasteiger partial charge in [0.2, 0.25) is 0 Å². The minimum absolute atomic E-state index is 0.471. The summed E-state index contributed by atoms with van der Waals surface area (Å²) in [5, 5.41) is 3.57. The maximum atomic E-state index is 6.07. The quantitative estimate of drug-likeness (QED) is 0.818. The largest absolute Gasteiger partial charge is 0.381 e. The highest BCUT2D eigenvalue weighted by Gasteiger charge is 2.33. The van der Waals surface area contributed by atoms with Gasteiger partial charge < -0.3 is 14.8 Å². The van der Waals surface area contributed by atoms with Crippen LogP contribution in [0.5, 0.6) is 0 Å². The third kappa shape index (κ3) is 3.94. The van der Waals surface area contributed by atoms with E-state index in [1.165, 1.54) is 25.7 Å². The fourth-order valence-corrected chi connectivity index (χ4v) is 3.04. The van der Waals surface area contributed by atoms with Gasteiger partial charge in [-0.05, 0) is 37.5 Å². The van der Waals surface area contributed by atoms with Crippen molar-refractivity contribution in [3.63, 3.8) is 0 Å². The molecule has 2 saturated heterocycles. The van der Waals surface area contributed by atoms with Crippen molar-refractivity contribution >= 4 is 0 Å². The molecule has 0 aromatic rings. The van der Waals surface area contributed by atoms with Crippen LogP contribution in [-0.2, 0) is 9.47 Å². The molecule has 0 saturated carbocycles. The Kier molecular flexibility index (Phi) is 5.26. The molecule has 3 nitrogen and oxygen atoms in total. The Balaban J connectivity index is 1.86. The molecule has 2 heterocycles. The Bertz CT molecular complexity index is 214. The van der Waals surface area contributed by atoms with Crippen molar-refractivity contribution in [3.8, 4) is 0 Å². The maximum absolute atomic E-state index is 6.07. The predicted molar refractivity (Wildman–Crippen MR) is 69.1 cm³/mol. The lowest BCUT2D eigenvalue weighted by Crippen LogP contribution is -2.44. The van der Waals surface area contributed by atoms with Gasteiger partial charge in [-0.2, -0.15) is 0 Å². The van der Waals surface area contributed by atoms with Crippen LogP contribution >= 0.6 is 0 Å². The first-order chi connectivity index (χ1) is 8.27. The molecule has 17 heavy (non-hydrogen) atoms. The first-order valence-electron chi connectivity index (χ1n) is 7.20. The second-order valence-corrected chi connectivity index (χ2v) is 5.75. The fourth-order valence-electron chi connectivity index (χ4n) is 3.04. The van der Waals surface area contributed by atoms with Gasteiger partial charge in [-0.3, -0.25) is 0 Å². The van der Waals surface area contributed by atoms with Crippen molar-refractivity contribution in [1.82, 2.24) is 5.32 Å². The van der Waals surface area contributed by atoms with Gasteiger partial charge in [0.05, 0.1) is 6.10 Å². The van der Waals surface area contributed by atoms with E-state index in [2.05, 4.69) is 19.2 Å². The monoisotopic (exact) mass is 241 g/mol. The highest BCUT2D eigenvalue weighted by atomic mass is 16.5. The normalized spacial score (nSPS) is 31.9. The van der Waals surface area contributed by atoms with E-state index in [0.29, 0.717) is 18.1 Å². The summed E-state index contributed by atoms with van der Waals surface area (Å²) in [4.78, 5) is 0. The van der Waals surface area contributed by atoms with E-state index in [4.69, 9.17) is 9.47 Å². The summed E-state index contributed by atoms with van der Waals surface area (Å²) in [6.45, 7) is 8.35. The average molecular weight is 241 g/mol. The second kappa shape index (κ2) is 6.72. The minimum Gasteiger partial charge on any atom is -0.381 e. The molecule has 0 aromatic heterocycles. The van der Waals surface area contributed by atoms with Crippen LogP contribution < -0.4 is 5.32 Å². The van der Waals surface area contributed by atoms with E-state index in [9.17, 15) is 0 Å². The van der Waals surface area contributed by atoms with Gasteiger partial charge in [-0.1, -0.05) is 13.8 Å². The van der Waals surface area contributed by atoms with Gasteiger partial charge >= 0.3 is 0 Å². The fraction of sp³-hybridized carbons (Fsp3) is 1.00. The average Bonchev–Trinajstić information content (AvgIpc) is 2.38. The van der Waals surface area contributed by atoms with Crippen molar-refractivity contribution in [2.75, 3.05) is 26.4 Å². The lowest BCUT2D eigenvalue weighted by Gasteiger charge is -2.39. The highest BCUT2D eigenvalue weighted by molar-refractivity contribution is 4.84. The van der Waals surface area contributed by atoms with E-state index < -0.39 is 0 Å². The molecule has 100 valence electrons. The van der Waals surface area contributed by atoms with Crippen LogP contribution in [0.4, 0.5) is 0 Å². The molecule has 2 aliphatic rings. The molecular weight excluding hydrogens is 214 g/mol. The predicted octanol–water partition coefficient (Wildman–Crippen LogP) is 2.21. The van der Waals surface area contributed by atoms with Crippen LogP contribution in [0.25, 0.3) is 0 Å². The number of nitrogens with one attached hydrogen (secondary N) is 1. The van der Waals surface area contributed by atoms with Gasteiger partial charge in [0.25, 0.3) is 0 Å². The number of ether oxygens (including phenoxy) is 2. The topological polar surface area (TPSA) is 30.5 Å². The Labute approximate surface area is 105 Å². The zero-order valence-corrected chi connectivity index (χ0v) is 11.3. The van der Waals surface area contributed by atoms with Crippen LogP contribution in [-0.4, -0.2) is 38.5 Å². The van der Waals surface area contributed by atoms with Crippen LogP contribution in [0.2, 0.25) is 0 Å². The van der Waals surface area contributed by atoms with E-state index >= 15 is 0 Å². The molecule has 0 radical (unpaired) electrons. The summed E-state index contributed by atoms with van der Waals surface area (Å²) >= 11 is 0. The molecule has 2 rings (SSSR count). The van der Waals surface area contributed by atoms with Crippen molar-refractivity contribution in [1.29, 1.82) is 0 Å². The summed E-state index contributed by atoms with van der Waals surface area (Å²) in [5.74, 6) is 1.43. The molecule has 0 bridgehead atoms. The molecule has 1 N–H and O–H groups in total. The first-order valence-corrected chi connectivity index (χ1v) is 7.20. The van der Waals surface area contributed by atoms with E-state index in [1.807, 2.05) is 0 Å². The number of rotatable bonds is 4. The van der Waals surface area contributed by atoms with Gasteiger partial charge in [-0.25, -0.2) is 0 Å². The third-order valence-corrected chi connectivity index (χ3v) is 4.01. The summed E-state index contributed by atoms with van der Waals surface area (Å²) in [5.41, 5.74) is 0. The Morgan fingerprint density at radius 1 is 1.12 bits per heavy atom. The maximum Gasteiger partial charge on any atom is 0.0645 e. The van der Waals surface area contributed by atoms with E-state index in [1.54, 1.807) is 0 Å². The summed E-state index contributed by atoms with van der Waals surface area (Å²) < 4.78 is 11.5. The summed E-state index contributed by atoms with van der Waals surface area (Å²) in [7, 11) is 0. The van der Waals surface area contributed by atoms with Crippen LogP contribution in [0.1, 0.15) is 39.5 Å². The van der Waals surface area contributed by atoms with Crippen molar-refractivity contribution in [2.45, 2.75) is 51.7 Å². The first kappa shape index (κ1) is 13.3. The molecule has 2 atom stereocenters. The molecule has 2 aliphatic heterocycles. The summed E-state index contributed by atoms with van der Waals surface area (Å²) in [6.07, 6.45) is 5.39. The van der Waals surface area contributed by atoms with Crippen LogP contribution in [0.3, 0.4) is 0 Å². The zero-order chi connectivity index (χ0) is 12.1. The Hall–Kier alpha value is -0.120. The SMILES string of the molecule is CC(C)NCC1CCCOC1C1CCOCC1. The molecular formula is C14H27NO2. The third-order valence-electron chi connectivity index (χ3n) is 4.01. The van der Waals surface area contributed by atoms with Crippen molar-refractivity contribution in [2.24, 2.45) is 11.8 Å². The molecule has 2 unspecified atom stereocenters. The molecule has 0 aliphatic carbocycles. The lowest BCUT2D eigenvalue weighted by molar-refractivity contribution is -0.0861. The molecule has 0 aromatic carbocycles.